The highest BCUT2D eigenvalue weighted by molar-refractivity contribution is 6.21. The van der Waals surface area contributed by atoms with Gasteiger partial charge in [0.1, 0.15) is 0 Å². The van der Waals surface area contributed by atoms with Crippen LogP contribution in [0, 0.1) is 11.3 Å². The highest BCUT2D eigenvalue weighted by atomic mass is 35.5. The van der Waals surface area contributed by atoms with Gasteiger partial charge in [-0.2, -0.15) is 0 Å². The number of halogens is 1. The molecule has 0 heterocycles. The van der Waals surface area contributed by atoms with Crippen LogP contribution < -0.4 is 9.47 Å². The van der Waals surface area contributed by atoms with Gasteiger partial charge in [-0.15, -0.1) is 11.6 Å². The molecule has 1 aliphatic rings. The highest BCUT2D eigenvalue weighted by Crippen LogP contribution is 2.55. The normalized spacial score (nSPS) is 18.8. The zero-order chi connectivity index (χ0) is 15.5. The molecule has 0 radical (unpaired) electrons. The van der Waals surface area contributed by atoms with Crippen molar-refractivity contribution in [2.45, 2.75) is 51.3 Å². The van der Waals surface area contributed by atoms with E-state index in [0.29, 0.717) is 5.92 Å². The summed E-state index contributed by atoms with van der Waals surface area (Å²) in [6.07, 6.45) is 6.24. The summed E-state index contributed by atoms with van der Waals surface area (Å²) in [4.78, 5) is 0. The van der Waals surface area contributed by atoms with E-state index >= 15 is 0 Å². The van der Waals surface area contributed by atoms with Crippen LogP contribution >= 0.6 is 11.6 Å². The molecular weight excluding hydrogens is 284 g/mol. The van der Waals surface area contributed by atoms with E-state index in [2.05, 4.69) is 19.9 Å². The van der Waals surface area contributed by atoms with Crippen molar-refractivity contribution in [3.8, 4) is 11.5 Å². The van der Waals surface area contributed by atoms with Gasteiger partial charge in [-0.3, -0.25) is 0 Å². The average molecular weight is 311 g/mol. The van der Waals surface area contributed by atoms with Crippen LogP contribution in [0.3, 0.4) is 0 Å². The molecule has 0 spiro atoms. The van der Waals surface area contributed by atoms with Crippen molar-refractivity contribution in [2.75, 3.05) is 14.2 Å². The van der Waals surface area contributed by atoms with Crippen LogP contribution in [0.2, 0.25) is 0 Å². The molecule has 0 bridgehead atoms. The van der Waals surface area contributed by atoms with E-state index in [4.69, 9.17) is 21.1 Å². The minimum atomic E-state index is 0.0437. The number of hydrogen-bond acceptors (Lipinski definition) is 2. The monoisotopic (exact) mass is 310 g/mol. The number of rotatable bonds is 6. The first-order chi connectivity index (χ1) is 10.0. The van der Waals surface area contributed by atoms with Gasteiger partial charge >= 0.3 is 0 Å². The van der Waals surface area contributed by atoms with E-state index in [1.807, 2.05) is 12.1 Å². The Morgan fingerprint density at radius 1 is 1.10 bits per heavy atom. The van der Waals surface area contributed by atoms with Crippen LogP contribution in [0.1, 0.15) is 56.9 Å². The number of ether oxygens (including phenoxy) is 2. The van der Waals surface area contributed by atoms with Crippen LogP contribution in [0.25, 0.3) is 0 Å². The summed E-state index contributed by atoms with van der Waals surface area (Å²) in [5.74, 6) is 2.19. The van der Waals surface area contributed by atoms with Gasteiger partial charge in [-0.1, -0.05) is 32.8 Å². The maximum atomic E-state index is 6.94. The van der Waals surface area contributed by atoms with Crippen LogP contribution in [-0.2, 0) is 0 Å². The lowest BCUT2D eigenvalue weighted by Gasteiger charge is -2.36. The third kappa shape index (κ3) is 3.48. The Morgan fingerprint density at radius 2 is 1.71 bits per heavy atom. The average Bonchev–Trinajstić information content (AvgIpc) is 2.94. The lowest BCUT2D eigenvalue weighted by Crippen LogP contribution is -2.24. The predicted molar refractivity (Wildman–Crippen MR) is 88.5 cm³/mol. The van der Waals surface area contributed by atoms with Crippen molar-refractivity contribution in [3.63, 3.8) is 0 Å². The van der Waals surface area contributed by atoms with E-state index in [1.165, 1.54) is 32.1 Å². The number of hydrogen-bond donors (Lipinski definition) is 0. The molecule has 0 saturated heterocycles. The largest absolute Gasteiger partial charge is 0.493 e. The summed E-state index contributed by atoms with van der Waals surface area (Å²) < 4.78 is 10.7. The second-order valence-electron chi connectivity index (χ2n) is 6.64. The van der Waals surface area contributed by atoms with Crippen LogP contribution in [-0.4, -0.2) is 14.2 Å². The van der Waals surface area contributed by atoms with E-state index in [9.17, 15) is 0 Å². The van der Waals surface area contributed by atoms with E-state index in [-0.39, 0.29) is 10.8 Å². The van der Waals surface area contributed by atoms with Crippen molar-refractivity contribution in [1.82, 2.24) is 0 Å². The Kier molecular flexibility index (Phi) is 5.43. The molecule has 1 aromatic rings. The second kappa shape index (κ2) is 6.91. The maximum Gasteiger partial charge on any atom is 0.161 e. The van der Waals surface area contributed by atoms with Gasteiger partial charge in [-0.25, -0.2) is 0 Å². The van der Waals surface area contributed by atoms with Crippen LogP contribution in [0.15, 0.2) is 18.2 Å². The fourth-order valence-electron chi connectivity index (χ4n) is 3.82. The highest BCUT2D eigenvalue weighted by Gasteiger charge is 2.41. The Balaban J connectivity index is 2.30. The quantitative estimate of drug-likeness (QED) is 0.638. The Bertz CT molecular complexity index is 464. The molecule has 1 saturated carbocycles. The van der Waals surface area contributed by atoms with E-state index < -0.39 is 0 Å². The van der Waals surface area contributed by atoms with Gasteiger partial charge in [0.2, 0.25) is 0 Å². The van der Waals surface area contributed by atoms with Gasteiger partial charge in [0.25, 0.3) is 0 Å². The van der Waals surface area contributed by atoms with Crippen molar-refractivity contribution in [1.29, 1.82) is 0 Å². The molecule has 0 amide bonds. The fraction of sp³-hybridized carbons (Fsp3) is 0.667. The first-order valence-corrected chi connectivity index (χ1v) is 8.32. The Labute approximate surface area is 133 Å². The molecule has 3 heteroatoms. The molecule has 0 aliphatic heterocycles. The number of benzene rings is 1. The third-order valence-corrected chi connectivity index (χ3v) is 5.37. The van der Waals surface area contributed by atoms with Crippen molar-refractivity contribution >= 4 is 11.6 Å². The molecule has 1 unspecified atom stereocenters. The minimum absolute atomic E-state index is 0.0437. The van der Waals surface area contributed by atoms with Crippen molar-refractivity contribution in [2.24, 2.45) is 11.3 Å². The summed E-state index contributed by atoms with van der Waals surface area (Å²) in [6.45, 7) is 4.58. The Hall–Kier alpha value is -0.890. The van der Waals surface area contributed by atoms with Gasteiger partial charge in [0.15, 0.2) is 11.5 Å². The van der Waals surface area contributed by atoms with Gasteiger partial charge in [0, 0.05) is 0 Å². The SMILES string of the molecule is COc1ccc(C(Cl)C2(CC(C)C)CCCC2)cc1OC. The standard InChI is InChI=1S/C18H27ClO2/c1-13(2)12-18(9-5-6-10-18)17(19)14-7-8-15(20-3)16(11-14)21-4/h7-8,11,13,17H,5-6,9-10,12H2,1-4H3. The first-order valence-electron chi connectivity index (χ1n) is 7.88. The molecule has 1 aliphatic carbocycles. The number of methoxy groups -OCH3 is 2. The van der Waals surface area contributed by atoms with Crippen molar-refractivity contribution in [3.05, 3.63) is 23.8 Å². The molecule has 2 nitrogen and oxygen atoms in total. The third-order valence-electron chi connectivity index (χ3n) is 4.65. The predicted octanol–water partition coefficient (Wildman–Crippen LogP) is 5.59. The minimum Gasteiger partial charge on any atom is -0.493 e. The summed E-state index contributed by atoms with van der Waals surface area (Å²) in [7, 11) is 3.33. The van der Waals surface area contributed by atoms with E-state index in [0.717, 1.165) is 17.1 Å². The van der Waals surface area contributed by atoms with Crippen LogP contribution in [0.5, 0.6) is 11.5 Å². The smallest absolute Gasteiger partial charge is 0.161 e. The lowest BCUT2D eigenvalue weighted by molar-refractivity contribution is 0.223. The fourth-order valence-corrected chi connectivity index (χ4v) is 4.26. The van der Waals surface area contributed by atoms with Gasteiger partial charge < -0.3 is 9.47 Å². The molecule has 0 N–H and O–H groups in total. The lowest BCUT2D eigenvalue weighted by atomic mass is 9.73. The molecular formula is C18H27ClO2. The molecule has 118 valence electrons. The molecule has 1 atom stereocenters. The second-order valence-corrected chi connectivity index (χ2v) is 7.08. The first kappa shape index (κ1) is 16.5. The summed E-state index contributed by atoms with van der Waals surface area (Å²) in [6, 6.07) is 6.08. The zero-order valence-electron chi connectivity index (χ0n) is 13.6. The summed E-state index contributed by atoms with van der Waals surface area (Å²) in [5.41, 5.74) is 1.38. The molecule has 1 aromatic carbocycles. The zero-order valence-corrected chi connectivity index (χ0v) is 14.4. The molecule has 2 rings (SSSR count). The maximum absolute atomic E-state index is 6.94. The van der Waals surface area contributed by atoms with Gasteiger partial charge in [0.05, 0.1) is 19.6 Å². The molecule has 21 heavy (non-hydrogen) atoms. The summed E-state index contributed by atoms with van der Waals surface area (Å²) >= 11 is 6.94. The number of alkyl halides is 1. The Morgan fingerprint density at radius 3 is 2.24 bits per heavy atom. The topological polar surface area (TPSA) is 18.5 Å². The van der Waals surface area contributed by atoms with E-state index in [1.54, 1.807) is 14.2 Å². The van der Waals surface area contributed by atoms with Crippen molar-refractivity contribution < 1.29 is 9.47 Å². The molecule has 1 fully saturated rings. The summed E-state index contributed by atoms with van der Waals surface area (Å²) in [5, 5.41) is 0.0437. The van der Waals surface area contributed by atoms with Crippen LogP contribution in [0.4, 0.5) is 0 Å². The molecule has 0 aromatic heterocycles. The van der Waals surface area contributed by atoms with Gasteiger partial charge in [-0.05, 0) is 48.3 Å².